The second-order valence-corrected chi connectivity index (χ2v) is 9.14. The predicted molar refractivity (Wildman–Crippen MR) is 116 cm³/mol. The third-order valence-corrected chi connectivity index (χ3v) is 7.31. The number of carbonyl (C=O) groups excluding carboxylic acids is 2. The number of likely N-dealkylation sites (N-methyl/N-ethyl adjacent to an activating group) is 1. The number of ether oxygens (including phenoxy) is 2. The fraction of sp³-hybridized carbons (Fsp3) is 0.478. The van der Waals surface area contributed by atoms with Gasteiger partial charge in [0.15, 0.2) is 11.5 Å². The average molecular weight is 429 g/mol. The molecule has 7 heteroatoms. The highest BCUT2D eigenvalue weighted by atomic mass is 32.1. The predicted octanol–water partition coefficient (Wildman–Crippen LogP) is 3.93. The highest BCUT2D eigenvalue weighted by Gasteiger charge is 2.45. The van der Waals surface area contributed by atoms with Gasteiger partial charge in [0.05, 0.1) is 26.2 Å². The van der Waals surface area contributed by atoms with Gasteiger partial charge in [-0.3, -0.25) is 9.59 Å². The van der Waals surface area contributed by atoms with Crippen LogP contribution in [0.1, 0.15) is 52.5 Å². The quantitative estimate of drug-likeness (QED) is 0.740. The molecule has 2 aliphatic rings. The monoisotopic (exact) mass is 428 g/mol. The van der Waals surface area contributed by atoms with E-state index in [9.17, 15) is 9.59 Å². The minimum atomic E-state index is -0.477. The third kappa shape index (κ3) is 3.45. The van der Waals surface area contributed by atoms with Gasteiger partial charge in [0.2, 0.25) is 5.91 Å². The van der Waals surface area contributed by atoms with Gasteiger partial charge in [0.1, 0.15) is 0 Å². The van der Waals surface area contributed by atoms with Crippen molar-refractivity contribution in [3.05, 3.63) is 45.6 Å². The van der Waals surface area contributed by atoms with Crippen LogP contribution in [0.25, 0.3) is 0 Å². The fourth-order valence-corrected chi connectivity index (χ4v) is 5.46. The van der Waals surface area contributed by atoms with Crippen LogP contribution in [0.15, 0.2) is 29.6 Å². The lowest BCUT2D eigenvalue weighted by Crippen LogP contribution is -2.48. The van der Waals surface area contributed by atoms with Crippen LogP contribution in [0.2, 0.25) is 0 Å². The van der Waals surface area contributed by atoms with Crippen LogP contribution >= 0.6 is 11.3 Å². The van der Waals surface area contributed by atoms with E-state index in [-0.39, 0.29) is 17.9 Å². The van der Waals surface area contributed by atoms with Crippen LogP contribution in [0.3, 0.4) is 0 Å². The molecule has 2 atom stereocenters. The van der Waals surface area contributed by atoms with E-state index in [0.29, 0.717) is 23.0 Å². The Morgan fingerprint density at radius 2 is 1.80 bits per heavy atom. The van der Waals surface area contributed by atoms with Gasteiger partial charge in [-0.05, 0) is 47.9 Å². The van der Waals surface area contributed by atoms with E-state index < -0.39 is 5.92 Å². The molecule has 1 fully saturated rings. The third-order valence-electron chi connectivity index (χ3n) is 6.37. The topological polar surface area (TPSA) is 59.1 Å². The molecule has 2 aliphatic heterocycles. The summed E-state index contributed by atoms with van der Waals surface area (Å²) in [6.45, 7) is 3.75. The van der Waals surface area contributed by atoms with E-state index in [1.807, 2.05) is 28.5 Å². The normalized spacial score (nSPS) is 22.1. The first kappa shape index (κ1) is 20.7. The van der Waals surface area contributed by atoms with Crippen molar-refractivity contribution >= 4 is 23.2 Å². The van der Waals surface area contributed by atoms with Crippen molar-refractivity contribution in [2.75, 3.05) is 34.4 Å². The molecule has 0 saturated carbocycles. The van der Waals surface area contributed by atoms with E-state index in [0.717, 1.165) is 36.4 Å². The molecule has 0 radical (unpaired) electrons. The van der Waals surface area contributed by atoms with Crippen molar-refractivity contribution in [2.24, 2.45) is 5.92 Å². The standard InChI is InChI=1S/C23H28N2O4S/c1-14-7-9-25(10-8-14)23(27)20-15-12-17(28-3)18(29-4)13-16(15)22(26)24(2)21(20)19-6-5-11-30-19/h5-6,11-14,20-21H,7-10H2,1-4H3/t20-,21+/m1/s1. The zero-order valence-corrected chi connectivity index (χ0v) is 18.7. The number of carbonyl (C=O) groups is 2. The van der Waals surface area contributed by atoms with E-state index in [1.54, 1.807) is 43.6 Å². The summed E-state index contributed by atoms with van der Waals surface area (Å²) in [5.41, 5.74) is 1.23. The Kier molecular flexibility index (Phi) is 5.73. The molecule has 6 nitrogen and oxygen atoms in total. The van der Waals surface area contributed by atoms with Crippen LogP contribution in [-0.2, 0) is 4.79 Å². The summed E-state index contributed by atoms with van der Waals surface area (Å²) < 4.78 is 10.9. The summed E-state index contributed by atoms with van der Waals surface area (Å²) in [4.78, 5) is 31.8. The molecule has 0 aliphatic carbocycles. The molecule has 0 N–H and O–H groups in total. The molecule has 0 bridgehead atoms. The van der Waals surface area contributed by atoms with E-state index in [1.165, 1.54) is 0 Å². The number of hydrogen-bond acceptors (Lipinski definition) is 5. The van der Waals surface area contributed by atoms with Crippen molar-refractivity contribution in [3.63, 3.8) is 0 Å². The van der Waals surface area contributed by atoms with Crippen LogP contribution in [0.5, 0.6) is 11.5 Å². The number of thiophene rings is 1. The second kappa shape index (κ2) is 8.30. The number of amides is 2. The lowest BCUT2D eigenvalue weighted by molar-refractivity contribution is -0.135. The van der Waals surface area contributed by atoms with Crippen LogP contribution in [-0.4, -0.2) is 56.0 Å². The first-order valence-corrected chi connectivity index (χ1v) is 11.2. The maximum absolute atomic E-state index is 13.9. The SMILES string of the molecule is COc1cc2c(cc1OC)[C@@H](C(=O)N1CCC(C)CC1)[C@H](c1cccs1)N(C)C2=O. The van der Waals surface area contributed by atoms with Crippen LogP contribution < -0.4 is 9.47 Å². The summed E-state index contributed by atoms with van der Waals surface area (Å²) >= 11 is 1.58. The number of rotatable bonds is 4. The van der Waals surface area contributed by atoms with Crippen molar-refractivity contribution in [2.45, 2.75) is 31.7 Å². The fourth-order valence-electron chi connectivity index (χ4n) is 4.56. The van der Waals surface area contributed by atoms with Crippen molar-refractivity contribution < 1.29 is 19.1 Å². The van der Waals surface area contributed by atoms with Crippen molar-refractivity contribution in [1.29, 1.82) is 0 Å². The van der Waals surface area contributed by atoms with Crippen LogP contribution in [0, 0.1) is 5.92 Å². The number of hydrogen-bond donors (Lipinski definition) is 0. The Bertz CT molecular complexity index is 935. The van der Waals surface area contributed by atoms with Crippen molar-refractivity contribution in [1.82, 2.24) is 9.80 Å². The van der Waals surface area contributed by atoms with E-state index >= 15 is 0 Å². The average Bonchev–Trinajstić information content (AvgIpc) is 3.29. The molecule has 1 aromatic heterocycles. The lowest BCUT2D eigenvalue weighted by atomic mass is 9.80. The lowest BCUT2D eigenvalue weighted by Gasteiger charge is -2.42. The zero-order valence-electron chi connectivity index (χ0n) is 17.9. The molecule has 2 amide bonds. The van der Waals surface area contributed by atoms with E-state index in [2.05, 4.69) is 6.92 Å². The van der Waals surface area contributed by atoms with Gasteiger partial charge in [-0.2, -0.15) is 0 Å². The summed E-state index contributed by atoms with van der Waals surface area (Å²) in [6.07, 6.45) is 2.02. The molecular weight excluding hydrogens is 400 g/mol. The van der Waals surface area contributed by atoms with Gasteiger partial charge in [-0.15, -0.1) is 11.3 Å². The molecule has 3 heterocycles. The highest BCUT2D eigenvalue weighted by molar-refractivity contribution is 7.10. The number of piperidine rings is 1. The second-order valence-electron chi connectivity index (χ2n) is 8.16. The minimum absolute atomic E-state index is 0.0770. The largest absolute Gasteiger partial charge is 0.493 e. The molecule has 1 saturated heterocycles. The first-order valence-electron chi connectivity index (χ1n) is 10.3. The Balaban J connectivity index is 1.85. The number of methoxy groups -OCH3 is 2. The molecule has 2 aromatic rings. The van der Waals surface area contributed by atoms with Gasteiger partial charge in [0, 0.05) is 30.6 Å². The van der Waals surface area contributed by atoms with E-state index in [4.69, 9.17) is 9.47 Å². The van der Waals surface area contributed by atoms with Gasteiger partial charge in [0.25, 0.3) is 5.91 Å². The smallest absolute Gasteiger partial charge is 0.254 e. The highest BCUT2D eigenvalue weighted by Crippen LogP contribution is 2.47. The summed E-state index contributed by atoms with van der Waals surface area (Å²) in [7, 11) is 4.90. The molecular formula is C23H28N2O4S. The molecule has 4 rings (SSSR count). The number of likely N-dealkylation sites (tertiary alicyclic amines) is 1. The van der Waals surface area contributed by atoms with Gasteiger partial charge in [-0.25, -0.2) is 0 Å². The zero-order chi connectivity index (χ0) is 21.4. The number of benzene rings is 1. The number of fused-ring (bicyclic) bond motifs is 1. The maximum Gasteiger partial charge on any atom is 0.254 e. The summed E-state index contributed by atoms with van der Waals surface area (Å²) in [5, 5.41) is 1.99. The first-order chi connectivity index (χ1) is 14.5. The Labute approximate surface area is 181 Å². The minimum Gasteiger partial charge on any atom is -0.493 e. The Hall–Kier alpha value is -2.54. The molecule has 30 heavy (non-hydrogen) atoms. The Morgan fingerprint density at radius 1 is 1.13 bits per heavy atom. The molecule has 0 unspecified atom stereocenters. The number of nitrogens with zero attached hydrogens (tertiary/aromatic N) is 2. The van der Waals surface area contributed by atoms with Crippen LogP contribution in [0.4, 0.5) is 0 Å². The maximum atomic E-state index is 13.9. The van der Waals surface area contributed by atoms with Crippen molar-refractivity contribution in [3.8, 4) is 11.5 Å². The van der Waals surface area contributed by atoms with Gasteiger partial charge < -0.3 is 19.3 Å². The van der Waals surface area contributed by atoms with Gasteiger partial charge >= 0.3 is 0 Å². The Morgan fingerprint density at radius 3 is 2.40 bits per heavy atom. The molecule has 160 valence electrons. The summed E-state index contributed by atoms with van der Waals surface area (Å²) in [5.74, 6) is 1.15. The molecule has 1 aromatic carbocycles. The van der Waals surface area contributed by atoms with Gasteiger partial charge in [-0.1, -0.05) is 13.0 Å². The molecule has 0 spiro atoms. The summed E-state index contributed by atoms with van der Waals surface area (Å²) in [6, 6.07) is 7.15.